The van der Waals surface area contributed by atoms with E-state index in [4.69, 9.17) is 4.74 Å². The fourth-order valence-corrected chi connectivity index (χ4v) is 3.42. The van der Waals surface area contributed by atoms with Crippen LogP contribution in [0.3, 0.4) is 0 Å². The van der Waals surface area contributed by atoms with Gasteiger partial charge in [-0.1, -0.05) is 32.4 Å². The number of hydrogen-bond donors (Lipinski definition) is 1. The highest BCUT2D eigenvalue weighted by molar-refractivity contribution is 5.82. The summed E-state index contributed by atoms with van der Waals surface area (Å²) < 4.78 is 5.72. The van der Waals surface area contributed by atoms with Gasteiger partial charge < -0.3 is 14.6 Å². The zero-order valence-electron chi connectivity index (χ0n) is 16.1. The van der Waals surface area contributed by atoms with Crippen molar-refractivity contribution in [2.45, 2.75) is 53.2 Å². The Bertz CT molecular complexity index is 858. The monoisotopic (exact) mass is 356 g/mol. The van der Waals surface area contributed by atoms with Gasteiger partial charge in [0.2, 0.25) is 5.91 Å². The van der Waals surface area contributed by atoms with E-state index < -0.39 is 5.41 Å². The van der Waals surface area contributed by atoms with Crippen LogP contribution in [0, 0.1) is 12.3 Å². The van der Waals surface area contributed by atoms with Crippen molar-refractivity contribution in [3.63, 3.8) is 0 Å². The van der Waals surface area contributed by atoms with Crippen molar-refractivity contribution in [3.8, 4) is 0 Å². The predicted molar refractivity (Wildman–Crippen MR) is 103 cm³/mol. The van der Waals surface area contributed by atoms with Gasteiger partial charge in [-0.2, -0.15) is 0 Å². The number of aryl methyl sites for hydroxylation is 1. The van der Waals surface area contributed by atoms with E-state index in [1.165, 1.54) is 0 Å². The topological polar surface area (TPSA) is 62.4 Å². The molecule has 140 valence electrons. The number of ether oxygens (including phenoxy) is 1. The number of aromatic nitrogens is 1. The summed E-state index contributed by atoms with van der Waals surface area (Å²) in [5.74, 6) is 0.0386. The molecular weight excluding hydrogens is 328 g/mol. The Morgan fingerprint density at radius 2 is 2.08 bits per heavy atom. The third-order valence-electron chi connectivity index (χ3n) is 4.81. The molecule has 3 rings (SSSR count). The molecule has 1 atom stereocenters. The van der Waals surface area contributed by atoms with Gasteiger partial charge in [0.15, 0.2) is 0 Å². The van der Waals surface area contributed by atoms with Crippen LogP contribution in [0.4, 0.5) is 0 Å². The summed E-state index contributed by atoms with van der Waals surface area (Å²) in [5.41, 5.74) is 1.92. The predicted octanol–water partition coefficient (Wildman–Crippen LogP) is 3.39. The third kappa shape index (κ3) is 4.15. The first kappa shape index (κ1) is 18.6. The number of nitrogens with one attached hydrogen (secondary N) is 1. The summed E-state index contributed by atoms with van der Waals surface area (Å²) >= 11 is 0. The van der Waals surface area contributed by atoms with Gasteiger partial charge in [-0.3, -0.25) is 9.59 Å². The lowest BCUT2D eigenvalue weighted by Gasteiger charge is -2.31. The zero-order chi connectivity index (χ0) is 18.9. The molecule has 1 aromatic heterocycles. The highest BCUT2D eigenvalue weighted by Crippen LogP contribution is 2.22. The molecule has 26 heavy (non-hydrogen) atoms. The summed E-state index contributed by atoms with van der Waals surface area (Å²) in [7, 11) is 0. The van der Waals surface area contributed by atoms with Crippen molar-refractivity contribution in [2.24, 2.45) is 5.41 Å². The largest absolute Gasteiger partial charge is 0.376 e. The van der Waals surface area contributed by atoms with Gasteiger partial charge in [0.25, 0.3) is 5.56 Å². The Morgan fingerprint density at radius 3 is 2.73 bits per heavy atom. The molecule has 5 heteroatoms. The lowest BCUT2D eigenvalue weighted by atomic mass is 9.94. The first-order chi connectivity index (χ1) is 12.2. The van der Waals surface area contributed by atoms with Gasteiger partial charge in [-0.05, 0) is 43.4 Å². The summed E-state index contributed by atoms with van der Waals surface area (Å²) in [6, 6.07) is 7.84. The van der Waals surface area contributed by atoms with E-state index >= 15 is 0 Å². The first-order valence-electron chi connectivity index (χ1n) is 9.27. The standard InChI is InChI=1S/C21H28N2O3/c1-14-7-8-18-15(10-14)11-16(19(24)22-18)12-23(20(25)21(2,3)4)13-17-6-5-9-26-17/h7-8,10-11,17H,5-6,9,12-13H2,1-4H3,(H,22,24)/t17-/m0/s1. The second-order valence-electron chi connectivity index (χ2n) is 8.29. The minimum atomic E-state index is -0.501. The Labute approximate surface area is 154 Å². The van der Waals surface area contributed by atoms with Crippen LogP contribution in [0.5, 0.6) is 0 Å². The molecule has 1 N–H and O–H groups in total. The van der Waals surface area contributed by atoms with Gasteiger partial charge in [0, 0.05) is 29.6 Å². The minimum Gasteiger partial charge on any atom is -0.376 e. The molecule has 0 spiro atoms. The number of benzene rings is 1. The number of nitrogens with zero attached hydrogens (tertiary/aromatic N) is 1. The van der Waals surface area contributed by atoms with Crippen LogP contribution in [0.1, 0.15) is 44.7 Å². The number of rotatable bonds is 4. The second-order valence-corrected chi connectivity index (χ2v) is 8.29. The van der Waals surface area contributed by atoms with Crippen molar-refractivity contribution < 1.29 is 9.53 Å². The van der Waals surface area contributed by atoms with E-state index in [-0.39, 0.29) is 17.6 Å². The van der Waals surface area contributed by atoms with Gasteiger partial charge >= 0.3 is 0 Å². The van der Waals surface area contributed by atoms with Gasteiger partial charge in [0.1, 0.15) is 0 Å². The van der Waals surface area contributed by atoms with E-state index in [1.54, 1.807) is 4.90 Å². The van der Waals surface area contributed by atoms with E-state index in [1.807, 2.05) is 52.0 Å². The molecule has 5 nitrogen and oxygen atoms in total. The number of aromatic amines is 1. The molecule has 1 aliphatic rings. The first-order valence-corrected chi connectivity index (χ1v) is 9.27. The lowest BCUT2D eigenvalue weighted by molar-refractivity contribution is -0.141. The Hall–Kier alpha value is -2.14. The fraction of sp³-hybridized carbons (Fsp3) is 0.524. The van der Waals surface area contributed by atoms with Crippen molar-refractivity contribution >= 4 is 16.8 Å². The molecule has 1 amide bonds. The maximum Gasteiger partial charge on any atom is 0.253 e. The van der Waals surface area contributed by atoms with Crippen LogP contribution in [-0.4, -0.2) is 35.0 Å². The fourth-order valence-electron chi connectivity index (χ4n) is 3.42. The molecule has 1 aromatic carbocycles. The van der Waals surface area contributed by atoms with Crippen molar-refractivity contribution in [3.05, 3.63) is 45.7 Å². The number of fused-ring (bicyclic) bond motifs is 1. The lowest BCUT2D eigenvalue weighted by Crippen LogP contribution is -2.43. The molecular formula is C21H28N2O3. The quantitative estimate of drug-likeness (QED) is 0.913. The zero-order valence-corrected chi connectivity index (χ0v) is 16.1. The average Bonchev–Trinajstić information content (AvgIpc) is 3.06. The smallest absolute Gasteiger partial charge is 0.253 e. The molecule has 0 bridgehead atoms. The average molecular weight is 356 g/mol. The van der Waals surface area contributed by atoms with E-state index in [0.29, 0.717) is 18.7 Å². The van der Waals surface area contributed by atoms with Gasteiger partial charge in [-0.25, -0.2) is 0 Å². The molecule has 0 unspecified atom stereocenters. The molecule has 1 saturated heterocycles. The number of amides is 1. The van der Waals surface area contributed by atoms with E-state index in [0.717, 1.165) is 35.9 Å². The van der Waals surface area contributed by atoms with Crippen LogP contribution >= 0.6 is 0 Å². The van der Waals surface area contributed by atoms with Gasteiger partial charge in [0.05, 0.1) is 12.6 Å². The third-order valence-corrected chi connectivity index (χ3v) is 4.81. The molecule has 0 saturated carbocycles. The van der Waals surface area contributed by atoms with E-state index in [2.05, 4.69) is 4.98 Å². The summed E-state index contributed by atoms with van der Waals surface area (Å²) in [6.45, 7) is 9.33. The van der Waals surface area contributed by atoms with Crippen LogP contribution in [0.2, 0.25) is 0 Å². The molecule has 0 aliphatic carbocycles. The Morgan fingerprint density at radius 1 is 1.31 bits per heavy atom. The second kappa shape index (κ2) is 7.23. The maximum atomic E-state index is 12.9. The normalized spacial score (nSPS) is 17.6. The van der Waals surface area contributed by atoms with Gasteiger partial charge in [-0.15, -0.1) is 0 Å². The van der Waals surface area contributed by atoms with Crippen LogP contribution in [0.15, 0.2) is 29.1 Å². The summed E-state index contributed by atoms with van der Waals surface area (Å²) in [4.78, 5) is 30.2. The van der Waals surface area contributed by atoms with Crippen molar-refractivity contribution in [1.29, 1.82) is 0 Å². The number of H-pyrrole nitrogens is 1. The molecule has 2 heterocycles. The minimum absolute atomic E-state index is 0.0386. The molecule has 0 radical (unpaired) electrons. The molecule has 1 aliphatic heterocycles. The van der Waals surface area contributed by atoms with Crippen LogP contribution in [-0.2, 0) is 16.1 Å². The van der Waals surface area contributed by atoms with Crippen molar-refractivity contribution in [2.75, 3.05) is 13.2 Å². The summed E-state index contributed by atoms with van der Waals surface area (Å²) in [6.07, 6.45) is 2.04. The Kier molecular flexibility index (Phi) is 5.19. The van der Waals surface area contributed by atoms with E-state index in [9.17, 15) is 9.59 Å². The number of hydrogen-bond acceptors (Lipinski definition) is 3. The van der Waals surface area contributed by atoms with Crippen LogP contribution in [0.25, 0.3) is 10.9 Å². The Balaban J connectivity index is 1.92. The highest BCUT2D eigenvalue weighted by Gasteiger charge is 2.30. The maximum absolute atomic E-state index is 12.9. The highest BCUT2D eigenvalue weighted by atomic mass is 16.5. The SMILES string of the molecule is Cc1ccc2[nH]c(=O)c(CN(C[C@@H]3CCCO3)C(=O)C(C)(C)C)cc2c1. The molecule has 1 fully saturated rings. The van der Waals surface area contributed by atoms with Crippen LogP contribution < -0.4 is 5.56 Å². The molecule has 2 aromatic rings. The number of pyridine rings is 1. The number of carbonyl (C=O) groups is 1. The summed E-state index contributed by atoms with van der Waals surface area (Å²) in [5, 5.41) is 0.986. The number of carbonyl (C=O) groups excluding carboxylic acids is 1. The van der Waals surface area contributed by atoms with Crippen molar-refractivity contribution in [1.82, 2.24) is 9.88 Å².